The second kappa shape index (κ2) is 17.5. The van der Waals surface area contributed by atoms with Crippen LogP contribution in [-0.4, -0.2) is 49.6 Å². The molecule has 0 radical (unpaired) electrons. The molecule has 0 bridgehead atoms. The van der Waals surface area contributed by atoms with Crippen LogP contribution in [0.3, 0.4) is 0 Å². The lowest BCUT2D eigenvalue weighted by Gasteiger charge is -2.11. The van der Waals surface area contributed by atoms with E-state index in [4.69, 9.17) is 11.5 Å². The first kappa shape index (κ1) is 42.0. The lowest BCUT2D eigenvalue weighted by atomic mass is 10.1. The summed E-state index contributed by atoms with van der Waals surface area (Å²) >= 11 is 0. The average Bonchev–Trinajstić information content (AvgIpc) is 3.21. The van der Waals surface area contributed by atoms with Gasteiger partial charge in [0.25, 0.3) is 43.9 Å². The third-order valence-corrected chi connectivity index (χ3v) is 10.5. The molecule has 16 nitrogen and oxygen atoms in total. The molecule has 0 fully saturated rings. The number of carbonyl (C=O) groups excluding carboxylic acids is 4. The summed E-state index contributed by atoms with van der Waals surface area (Å²) in [5.41, 5.74) is 13.9. The monoisotopic (exact) mass is 846 g/mol. The van der Waals surface area contributed by atoms with Crippen molar-refractivity contribution in [2.24, 2.45) is 0 Å². The van der Waals surface area contributed by atoms with Gasteiger partial charge >= 0.3 is 0 Å². The standard InChI is InChI=1S/C42H34N6O10S2/c43-31-13-3-27(4-14-31)39(49)45-33-17-9-29(10-18-33)41(51)47-35-21-7-25(37(23-35)59(53,54)55)1-2-26-8-22-36(24-38(26)60(56,57)58)48-42(52)30-11-19-34(20-12-30)46-40(50)28-5-15-32(44)16-6-28/h1-24H,43-44H2,(H,45,49)(H,46,50)(H,47,51)(H,48,52)(H,53,54,55)(H,56,57,58). The molecule has 0 aliphatic heterocycles. The third kappa shape index (κ3) is 10.6. The van der Waals surface area contributed by atoms with Crippen molar-refractivity contribution in [2.75, 3.05) is 32.7 Å². The second-order valence-corrected chi connectivity index (χ2v) is 15.8. The van der Waals surface area contributed by atoms with Gasteiger partial charge in [-0.1, -0.05) is 24.3 Å². The van der Waals surface area contributed by atoms with E-state index in [2.05, 4.69) is 21.3 Å². The molecule has 304 valence electrons. The Kier molecular flexibility index (Phi) is 12.2. The number of nitrogens with one attached hydrogen (secondary N) is 4. The third-order valence-electron chi connectivity index (χ3n) is 8.70. The molecule has 4 amide bonds. The van der Waals surface area contributed by atoms with E-state index >= 15 is 0 Å². The number of benzene rings is 6. The Morgan fingerprint density at radius 2 is 0.650 bits per heavy atom. The van der Waals surface area contributed by atoms with Gasteiger partial charge in [0, 0.05) is 56.4 Å². The van der Waals surface area contributed by atoms with Gasteiger partial charge in [0.1, 0.15) is 9.79 Å². The zero-order chi connectivity index (χ0) is 43.2. The summed E-state index contributed by atoms with van der Waals surface area (Å²) < 4.78 is 69.7. The minimum absolute atomic E-state index is 0.0122. The summed E-state index contributed by atoms with van der Waals surface area (Å²) in [4.78, 5) is 49.7. The number of carbonyl (C=O) groups is 4. The number of nitrogens with two attached hydrogens (primary N) is 2. The Morgan fingerprint density at radius 3 is 0.933 bits per heavy atom. The summed E-state index contributed by atoms with van der Waals surface area (Å²) in [6.45, 7) is 0. The van der Waals surface area contributed by atoms with Gasteiger partial charge in [-0.25, -0.2) is 0 Å². The van der Waals surface area contributed by atoms with Gasteiger partial charge in [0.2, 0.25) is 0 Å². The quantitative estimate of drug-likeness (QED) is 0.0371. The van der Waals surface area contributed by atoms with Gasteiger partial charge in [0.05, 0.1) is 0 Å². The normalized spacial score (nSPS) is 11.4. The summed E-state index contributed by atoms with van der Waals surface area (Å²) in [5, 5.41) is 10.5. The minimum Gasteiger partial charge on any atom is -0.399 e. The molecule has 60 heavy (non-hydrogen) atoms. The van der Waals surface area contributed by atoms with Crippen LogP contribution in [0.2, 0.25) is 0 Å². The van der Waals surface area contributed by atoms with E-state index in [9.17, 15) is 45.1 Å². The van der Waals surface area contributed by atoms with Crippen molar-refractivity contribution in [3.8, 4) is 0 Å². The first-order valence-electron chi connectivity index (χ1n) is 17.5. The Hall–Kier alpha value is -7.64. The summed E-state index contributed by atoms with van der Waals surface area (Å²) in [6, 6.07) is 31.5. The highest BCUT2D eigenvalue weighted by atomic mass is 32.2. The van der Waals surface area contributed by atoms with Crippen molar-refractivity contribution in [3.05, 3.63) is 167 Å². The Labute approximate surface area is 343 Å². The zero-order valence-electron chi connectivity index (χ0n) is 31.0. The number of amides is 4. The van der Waals surface area contributed by atoms with Gasteiger partial charge in [-0.2, -0.15) is 16.8 Å². The van der Waals surface area contributed by atoms with Gasteiger partial charge in [-0.3, -0.25) is 28.3 Å². The van der Waals surface area contributed by atoms with Crippen LogP contribution in [0.15, 0.2) is 143 Å². The molecular formula is C42H34N6O10S2. The number of anilines is 6. The molecule has 6 rings (SSSR count). The Balaban J connectivity index is 1.13. The number of hydrogen-bond donors (Lipinski definition) is 8. The molecular weight excluding hydrogens is 813 g/mol. The van der Waals surface area contributed by atoms with E-state index in [0.717, 1.165) is 12.1 Å². The number of nitrogen functional groups attached to an aromatic ring is 2. The van der Waals surface area contributed by atoms with Crippen molar-refractivity contribution in [1.29, 1.82) is 0 Å². The molecule has 6 aromatic carbocycles. The van der Waals surface area contributed by atoms with Gasteiger partial charge < -0.3 is 32.7 Å². The maximum absolute atomic E-state index is 13.0. The predicted molar refractivity (Wildman–Crippen MR) is 228 cm³/mol. The molecule has 0 atom stereocenters. The van der Waals surface area contributed by atoms with Crippen LogP contribution in [0.1, 0.15) is 52.6 Å². The molecule has 10 N–H and O–H groups in total. The fourth-order valence-electron chi connectivity index (χ4n) is 5.62. The van der Waals surface area contributed by atoms with Gasteiger partial charge in [-0.15, -0.1) is 0 Å². The summed E-state index contributed by atoms with van der Waals surface area (Å²) in [7, 11) is -9.80. The fourth-order valence-corrected chi connectivity index (χ4v) is 7.04. The second-order valence-electron chi connectivity index (χ2n) is 13.0. The smallest absolute Gasteiger partial charge is 0.295 e. The van der Waals surface area contributed by atoms with Crippen molar-refractivity contribution in [3.63, 3.8) is 0 Å². The number of hydrogen-bond acceptors (Lipinski definition) is 10. The molecule has 0 saturated heterocycles. The molecule has 0 aliphatic rings. The van der Waals surface area contributed by atoms with Gasteiger partial charge in [0.15, 0.2) is 0 Å². The van der Waals surface area contributed by atoms with Crippen molar-refractivity contribution in [1.82, 2.24) is 0 Å². The number of rotatable bonds is 12. The zero-order valence-corrected chi connectivity index (χ0v) is 32.6. The molecule has 0 unspecified atom stereocenters. The van der Waals surface area contributed by atoms with Crippen LogP contribution in [-0.2, 0) is 20.2 Å². The van der Waals surface area contributed by atoms with Crippen LogP contribution in [0.5, 0.6) is 0 Å². The fraction of sp³-hybridized carbons (Fsp3) is 0. The Morgan fingerprint density at radius 1 is 0.400 bits per heavy atom. The molecule has 0 aliphatic carbocycles. The lowest BCUT2D eigenvalue weighted by molar-refractivity contribution is 0.101. The van der Waals surface area contributed by atoms with Crippen molar-refractivity contribution >= 4 is 90.1 Å². The van der Waals surface area contributed by atoms with E-state index in [0.29, 0.717) is 33.9 Å². The maximum Gasteiger partial charge on any atom is 0.295 e. The molecule has 18 heteroatoms. The van der Waals surface area contributed by atoms with Crippen LogP contribution in [0.4, 0.5) is 34.1 Å². The predicted octanol–water partition coefficient (Wildman–Crippen LogP) is 6.52. The molecule has 0 heterocycles. The highest BCUT2D eigenvalue weighted by Gasteiger charge is 2.19. The molecule has 0 saturated carbocycles. The van der Waals surface area contributed by atoms with Crippen molar-refractivity contribution < 1.29 is 45.1 Å². The first-order valence-corrected chi connectivity index (χ1v) is 20.4. The minimum atomic E-state index is -4.90. The van der Waals surface area contributed by atoms with E-state index in [1.165, 1.54) is 84.9 Å². The SMILES string of the molecule is Nc1ccc(C(=O)Nc2ccc(C(=O)Nc3ccc(C=Cc4ccc(NC(=O)c5ccc(NC(=O)c6ccc(N)cc6)cc5)cc4S(=O)(=O)O)c(S(=O)(=O)O)c3)cc2)cc1. The topological polar surface area (TPSA) is 277 Å². The van der Waals surface area contributed by atoms with E-state index in [-0.39, 0.29) is 33.6 Å². The summed E-state index contributed by atoms with van der Waals surface area (Å²) in [5.74, 6) is -2.07. The molecule has 6 aromatic rings. The van der Waals surface area contributed by atoms with Crippen LogP contribution >= 0.6 is 0 Å². The average molecular weight is 847 g/mol. The lowest BCUT2D eigenvalue weighted by Crippen LogP contribution is -2.14. The van der Waals surface area contributed by atoms with Gasteiger partial charge in [-0.05, 0) is 132 Å². The largest absolute Gasteiger partial charge is 0.399 e. The van der Waals surface area contributed by atoms with E-state index in [1.807, 2.05) is 0 Å². The van der Waals surface area contributed by atoms with Crippen LogP contribution < -0.4 is 32.7 Å². The molecule has 0 spiro atoms. The molecule has 0 aromatic heterocycles. The highest BCUT2D eigenvalue weighted by molar-refractivity contribution is 7.86. The summed E-state index contributed by atoms with van der Waals surface area (Å²) in [6.07, 6.45) is 2.34. The van der Waals surface area contributed by atoms with E-state index in [1.54, 1.807) is 48.5 Å². The van der Waals surface area contributed by atoms with E-state index < -0.39 is 53.7 Å². The highest BCUT2D eigenvalue weighted by Crippen LogP contribution is 2.27. The Bertz CT molecular complexity index is 2690. The maximum atomic E-state index is 13.0. The first-order chi connectivity index (χ1) is 28.4. The van der Waals surface area contributed by atoms with Crippen LogP contribution in [0, 0.1) is 0 Å². The van der Waals surface area contributed by atoms with Crippen molar-refractivity contribution in [2.45, 2.75) is 9.79 Å². The van der Waals surface area contributed by atoms with Crippen LogP contribution in [0.25, 0.3) is 12.2 Å².